The van der Waals surface area contributed by atoms with Crippen LogP contribution in [0.4, 0.5) is 17.6 Å². The number of hydrogen-bond donors (Lipinski definition) is 3. The van der Waals surface area contributed by atoms with Crippen LogP contribution in [-0.2, 0) is 12.1 Å². The number of aromatic hydroxyl groups is 1. The van der Waals surface area contributed by atoms with Crippen molar-refractivity contribution in [2.75, 3.05) is 6.54 Å². The molecule has 0 saturated carbocycles. The van der Waals surface area contributed by atoms with E-state index in [4.69, 9.17) is 0 Å². The van der Waals surface area contributed by atoms with E-state index in [0.29, 0.717) is 12.1 Å². The molecule has 1 heterocycles. The highest BCUT2D eigenvalue weighted by atomic mass is 19.1. The largest absolute Gasteiger partial charge is 0.507 e. The average Bonchev–Trinajstić information content (AvgIpc) is 3.31. The van der Waals surface area contributed by atoms with E-state index in [1.165, 1.54) is 35.5 Å². The molecule has 0 saturated heterocycles. The second-order valence-corrected chi connectivity index (χ2v) is 7.79. The number of phenolic OH excluding ortho intramolecular Hbond substituents is 1. The Kier molecular flexibility index (Phi) is 6.52. The van der Waals surface area contributed by atoms with Crippen molar-refractivity contribution in [3.63, 3.8) is 0 Å². The molecular formula is C24H18F4N4O3. The third-order valence-electron chi connectivity index (χ3n) is 5.35. The SMILES string of the molecule is O=C(NC[C@](O)(Cn1cncn1)c1ccc(F)cc1F)c1cc(-c2ccc(F)cc2F)ccc1O. The lowest BCUT2D eigenvalue weighted by molar-refractivity contribution is 0.0120. The molecule has 3 aromatic carbocycles. The van der Waals surface area contributed by atoms with Gasteiger partial charge in [-0.1, -0.05) is 12.1 Å². The molecule has 3 N–H and O–H groups in total. The van der Waals surface area contributed by atoms with Gasteiger partial charge in [0.1, 0.15) is 47.3 Å². The molecule has 0 aliphatic carbocycles. The van der Waals surface area contributed by atoms with Gasteiger partial charge < -0.3 is 15.5 Å². The van der Waals surface area contributed by atoms with E-state index in [1.54, 1.807) is 0 Å². The number of nitrogens with zero attached hydrogens (tertiary/aromatic N) is 3. The number of benzene rings is 3. The summed E-state index contributed by atoms with van der Waals surface area (Å²) in [5, 5.41) is 27.7. The molecule has 0 radical (unpaired) electrons. The Bertz CT molecular complexity index is 1380. The molecule has 0 spiro atoms. The maximum Gasteiger partial charge on any atom is 0.255 e. The van der Waals surface area contributed by atoms with E-state index < -0.39 is 47.1 Å². The molecule has 1 atom stereocenters. The first kappa shape index (κ1) is 23.9. The van der Waals surface area contributed by atoms with Gasteiger partial charge in [-0.05, 0) is 35.9 Å². The van der Waals surface area contributed by atoms with Crippen LogP contribution < -0.4 is 5.32 Å². The normalized spacial score (nSPS) is 12.8. The molecule has 180 valence electrons. The van der Waals surface area contributed by atoms with Gasteiger partial charge in [0.15, 0.2) is 0 Å². The van der Waals surface area contributed by atoms with Gasteiger partial charge in [-0.3, -0.25) is 4.79 Å². The van der Waals surface area contributed by atoms with Crippen molar-refractivity contribution in [2.24, 2.45) is 0 Å². The number of aromatic nitrogens is 3. The van der Waals surface area contributed by atoms with Crippen LogP contribution in [0.5, 0.6) is 5.75 Å². The van der Waals surface area contributed by atoms with Crippen LogP contribution in [0.15, 0.2) is 67.3 Å². The first-order valence-corrected chi connectivity index (χ1v) is 10.2. The first-order valence-electron chi connectivity index (χ1n) is 10.2. The number of rotatable bonds is 7. The summed E-state index contributed by atoms with van der Waals surface area (Å²) < 4.78 is 56.6. The maximum atomic E-state index is 14.5. The second kappa shape index (κ2) is 9.55. The van der Waals surface area contributed by atoms with Crippen molar-refractivity contribution in [3.05, 3.63) is 102 Å². The fraction of sp³-hybridized carbons (Fsp3) is 0.125. The van der Waals surface area contributed by atoms with E-state index in [-0.39, 0.29) is 28.8 Å². The number of carbonyl (C=O) groups excluding carboxylic acids is 1. The van der Waals surface area contributed by atoms with Gasteiger partial charge in [-0.25, -0.2) is 27.2 Å². The highest BCUT2D eigenvalue weighted by Gasteiger charge is 2.34. The third-order valence-corrected chi connectivity index (χ3v) is 5.35. The third kappa shape index (κ3) is 5.14. The van der Waals surface area contributed by atoms with E-state index in [1.807, 2.05) is 0 Å². The van der Waals surface area contributed by atoms with Crippen molar-refractivity contribution in [1.82, 2.24) is 20.1 Å². The molecule has 7 nitrogen and oxygen atoms in total. The number of halogens is 4. The van der Waals surface area contributed by atoms with Gasteiger partial charge >= 0.3 is 0 Å². The number of amides is 1. The van der Waals surface area contributed by atoms with E-state index >= 15 is 0 Å². The molecule has 0 fully saturated rings. The first-order chi connectivity index (χ1) is 16.7. The smallest absolute Gasteiger partial charge is 0.255 e. The predicted octanol–water partition coefficient (Wildman–Crippen LogP) is 3.52. The second-order valence-electron chi connectivity index (χ2n) is 7.79. The van der Waals surface area contributed by atoms with Crippen molar-refractivity contribution < 1.29 is 32.6 Å². The molecule has 0 aliphatic rings. The zero-order valence-corrected chi connectivity index (χ0v) is 17.9. The molecule has 0 unspecified atom stereocenters. The van der Waals surface area contributed by atoms with Gasteiger partial charge in [0, 0.05) is 23.3 Å². The Morgan fingerprint density at radius 1 is 0.971 bits per heavy atom. The van der Waals surface area contributed by atoms with Crippen molar-refractivity contribution in [1.29, 1.82) is 0 Å². The lowest BCUT2D eigenvalue weighted by Crippen LogP contribution is -2.44. The van der Waals surface area contributed by atoms with Crippen molar-refractivity contribution in [3.8, 4) is 16.9 Å². The molecule has 0 aliphatic heterocycles. The van der Waals surface area contributed by atoms with Gasteiger partial charge in [0.25, 0.3) is 5.91 Å². The predicted molar refractivity (Wildman–Crippen MR) is 116 cm³/mol. The number of phenols is 1. The lowest BCUT2D eigenvalue weighted by Gasteiger charge is -2.29. The average molecular weight is 486 g/mol. The van der Waals surface area contributed by atoms with Crippen molar-refractivity contribution >= 4 is 5.91 Å². The fourth-order valence-electron chi connectivity index (χ4n) is 3.62. The number of hydrogen-bond acceptors (Lipinski definition) is 5. The minimum atomic E-state index is -2.09. The molecular weight excluding hydrogens is 468 g/mol. The molecule has 35 heavy (non-hydrogen) atoms. The van der Waals surface area contributed by atoms with Crippen LogP contribution in [0.25, 0.3) is 11.1 Å². The summed E-state index contributed by atoms with van der Waals surface area (Å²) in [5.74, 6) is -4.85. The Balaban J connectivity index is 1.62. The van der Waals surface area contributed by atoms with Crippen LogP contribution in [0.1, 0.15) is 15.9 Å². The molecule has 4 rings (SSSR count). The van der Waals surface area contributed by atoms with Gasteiger partial charge in [-0.2, -0.15) is 5.10 Å². The highest BCUT2D eigenvalue weighted by molar-refractivity contribution is 5.98. The minimum Gasteiger partial charge on any atom is -0.507 e. The zero-order chi connectivity index (χ0) is 25.2. The molecule has 4 aromatic rings. The summed E-state index contributed by atoms with van der Waals surface area (Å²) in [6, 6.07) is 9.21. The Labute approximate surface area is 196 Å². The number of aliphatic hydroxyl groups is 1. The van der Waals surface area contributed by atoms with Crippen LogP contribution in [0.3, 0.4) is 0 Å². The monoisotopic (exact) mass is 486 g/mol. The van der Waals surface area contributed by atoms with Crippen LogP contribution in [0, 0.1) is 23.3 Å². The molecule has 0 bridgehead atoms. The lowest BCUT2D eigenvalue weighted by atomic mass is 9.92. The van der Waals surface area contributed by atoms with Gasteiger partial charge in [-0.15, -0.1) is 0 Å². The van der Waals surface area contributed by atoms with Gasteiger partial charge in [0.05, 0.1) is 18.7 Å². The van der Waals surface area contributed by atoms with Crippen LogP contribution in [0.2, 0.25) is 0 Å². The standard InChI is InChI=1S/C24H18F4N4O3/c25-15-2-4-17(20(27)8-15)14-1-6-22(33)18(7-14)23(34)30-10-24(35,11-32-13-29-12-31-32)19-5-3-16(26)9-21(19)28/h1-9,12-13,33,35H,10-11H2,(H,30,34)/t24-/m0/s1. The Morgan fingerprint density at radius 2 is 1.69 bits per heavy atom. The quantitative estimate of drug-likeness (QED) is 0.347. The Hall–Kier alpha value is -4.25. The summed E-state index contributed by atoms with van der Waals surface area (Å²) >= 11 is 0. The molecule has 11 heteroatoms. The van der Waals surface area contributed by atoms with E-state index in [9.17, 15) is 32.6 Å². The van der Waals surface area contributed by atoms with Crippen LogP contribution >= 0.6 is 0 Å². The fourth-order valence-corrected chi connectivity index (χ4v) is 3.62. The highest BCUT2D eigenvalue weighted by Crippen LogP contribution is 2.29. The summed E-state index contributed by atoms with van der Waals surface area (Å²) in [6.45, 7) is -0.911. The summed E-state index contributed by atoms with van der Waals surface area (Å²) in [7, 11) is 0. The molecule has 1 amide bonds. The molecule has 1 aromatic heterocycles. The summed E-state index contributed by atoms with van der Waals surface area (Å²) in [5.41, 5.74) is -2.48. The number of nitrogens with one attached hydrogen (secondary N) is 1. The van der Waals surface area contributed by atoms with Crippen LogP contribution in [-0.4, -0.2) is 37.4 Å². The maximum absolute atomic E-state index is 14.5. The van der Waals surface area contributed by atoms with E-state index in [2.05, 4.69) is 15.4 Å². The summed E-state index contributed by atoms with van der Waals surface area (Å²) in [4.78, 5) is 16.6. The topological polar surface area (TPSA) is 100 Å². The minimum absolute atomic E-state index is 0.00322. The summed E-state index contributed by atoms with van der Waals surface area (Å²) in [6.07, 6.45) is 2.46. The zero-order valence-electron chi connectivity index (χ0n) is 17.9. The number of carbonyl (C=O) groups is 1. The van der Waals surface area contributed by atoms with E-state index in [0.717, 1.165) is 24.3 Å². The van der Waals surface area contributed by atoms with Gasteiger partial charge in [0.2, 0.25) is 0 Å². The Morgan fingerprint density at radius 3 is 2.34 bits per heavy atom. The van der Waals surface area contributed by atoms with Crippen molar-refractivity contribution in [2.45, 2.75) is 12.1 Å².